The van der Waals surface area contributed by atoms with Gasteiger partial charge in [-0.2, -0.15) is 5.10 Å². The number of rotatable bonds is 5. The van der Waals surface area contributed by atoms with Crippen LogP contribution in [0.25, 0.3) is 0 Å². The molecule has 2 saturated heterocycles. The SMILES string of the molecule is Cc1ccc(CN2C[C@H]3COC[C@@H]2CN(Cc2cn[nH]c2C(=O)O)C3)o1. The summed E-state index contributed by atoms with van der Waals surface area (Å²) in [4.78, 5) is 16.1. The lowest BCUT2D eigenvalue weighted by Crippen LogP contribution is -2.43. The Balaban J connectivity index is 1.49. The van der Waals surface area contributed by atoms with E-state index in [2.05, 4.69) is 20.0 Å². The molecule has 2 aromatic heterocycles. The van der Waals surface area contributed by atoms with Crippen molar-refractivity contribution < 1.29 is 19.1 Å². The fourth-order valence-electron chi connectivity index (χ4n) is 3.98. The maximum absolute atomic E-state index is 11.3. The van der Waals surface area contributed by atoms with Crippen LogP contribution in [0.2, 0.25) is 0 Å². The first kappa shape index (κ1) is 17.3. The second-order valence-corrected chi connectivity index (χ2v) is 7.27. The molecule has 0 aliphatic carbocycles. The third-order valence-electron chi connectivity index (χ3n) is 5.14. The minimum absolute atomic E-state index is 0.179. The smallest absolute Gasteiger partial charge is 0.354 e. The Kier molecular flexibility index (Phi) is 4.80. The highest BCUT2D eigenvalue weighted by Crippen LogP contribution is 2.24. The van der Waals surface area contributed by atoms with Gasteiger partial charge in [-0.25, -0.2) is 4.79 Å². The molecule has 0 unspecified atom stereocenters. The van der Waals surface area contributed by atoms with Crippen LogP contribution >= 0.6 is 0 Å². The first-order valence-corrected chi connectivity index (χ1v) is 8.93. The molecule has 0 aromatic carbocycles. The topological polar surface area (TPSA) is 94.8 Å². The Morgan fingerprint density at radius 1 is 1.31 bits per heavy atom. The molecule has 2 aliphatic heterocycles. The second kappa shape index (κ2) is 7.22. The van der Waals surface area contributed by atoms with Gasteiger partial charge in [-0.05, 0) is 19.1 Å². The fraction of sp³-hybridized carbons (Fsp3) is 0.556. The predicted octanol–water partition coefficient (Wildman–Crippen LogP) is 1.34. The minimum atomic E-state index is -0.967. The van der Waals surface area contributed by atoms with Gasteiger partial charge in [-0.1, -0.05) is 0 Å². The minimum Gasteiger partial charge on any atom is -0.477 e. The number of aromatic amines is 1. The number of aromatic carboxylic acids is 1. The summed E-state index contributed by atoms with van der Waals surface area (Å²) in [7, 11) is 0. The number of nitrogens with one attached hydrogen (secondary N) is 1. The van der Waals surface area contributed by atoms with Crippen molar-refractivity contribution in [3.05, 3.63) is 41.1 Å². The summed E-state index contributed by atoms with van der Waals surface area (Å²) in [6.07, 6.45) is 1.62. The molecule has 2 fully saturated rings. The zero-order valence-electron chi connectivity index (χ0n) is 14.9. The van der Waals surface area contributed by atoms with Crippen LogP contribution in [-0.2, 0) is 17.8 Å². The number of ether oxygens (including phenoxy) is 1. The predicted molar refractivity (Wildman–Crippen MR) is 92.8 cm³/mol. The Morgan fingerprint density at radius 2 is 2.19 bits per heavy atom. The largest absolute Gasteiger partial charge is 0.477 e. The van der Waals surface area contributed by atoms with E-state index < -0.39 is 5.97 Å². The number of aryl methyl sites for hydroxylation is 1. The van der Waals surface area contributed by atoms with E-state index in [0.29, 0.717) is 19.1 Å². The Labute approximate surface area is 151 Å². The van der Waals surface area contributed by atoms with Gasteiger partial charge >= 0.3 is 5.97 Å². The van der Waals surface area contributed by atoms with Crippen LogP contribution in [0.4, 0.5) is 0 Å². The van der Waals surface area contributed by atoms with E-state index in [9.17, 15) is 9.90 Å². The maximum atomic E-state index is 11.3. The molecular weight excluding hydrogens is 336 g/mol. The number of H-pyrrole nitrogens is 1. The van der Waals surface area contributed by atoms with Crippen molar-refractivity contribution in [2.24, 2.45) is 5.92 Å². The van der Waals surface area contributed by atoms with Gasteiger partial charge in [0.05, 0.1) is 26.0 Å². The van der Waals surface area contributed by atoms with Gasteiger partial charge in [0.25, 0.3) is 0 Å². The average Bonchev–Trinajstić information content (AvgIpc) is 3.11. The number of aromatic nitrogens is 2. The fourth-order valence-corrected chi connectivity index (χ4v) is 3.98. The molecule has 0 radical (unpaired) electrons. The normalized spacial score (nSPS) is 24.5. The monoisotopic (exact) mass is 360 g/mol. The summed E-state index contributed by atoms with van der Waals surface area (Å²) >= 11 is 0. The highest BCUT2D eigenvalue weighted by molar-refractivity contribution is 5.86. The molecule has 8 heteroatoms. The van der Waals surface area contributed by atoms with Crippen molar-refractivity contribution in [3.8, 4) is 0 Å². The van der Waals surface area contributed by atoms with Crippen LogP contribution in [0.15, 0.2) is 22.7 Å². The Hall–Kier alpha value is -2.16. The Bertz CT molecular complexity index is 771. The highest BCUT2D eigenvalue weighted by Gasteiger charge is 2.34. The molecule has 0 saturated carbocycles. The van der Waals surface area contributed by atoms with Crippen LogP contribution in [0, 0.1) is 12.8 Å². The molecule has 140 valence electrons. The Morgan fingerprint density at radius 3 is 2.96 bits per heavy atom. The van der Waals surface area contributed by atoms with Crippen molar-refractivity contribution in [1.82, 2.24) is 20.0 Å². The van der Waals surface area contributed by atoms with E-state index in [1.165, 1.54) is 0 Å². The van der Waals surface area contributed by atoms with E-state index in [-0.39, 0.29) is 11.7 Å². The number of nitrogens with zero attached hydrogens (tertiary/aromatic N) is 3. The quantitative estimate of drug-likeness (QED) is 0.831. The number of carbonyl (C=O) groups is 1. The lowest BCUT2D eigenvalue weighted by atomic mass is 10.1. The number of fused-ring (bicyclic) bond motifs is 3. The van der Waals surface area contributed by atoms with Gasteiger partial charge in [0.2, 0.25) is 0 Å². The van der Waals surface area contributed by atoms with Gasteiger partial charge in [0, 0.05) is 43.7 Å². The van der Waals surface area contributed by atoms with E-state index in [1.54, 1.807) is 6.20 Å². The molecule has 0 amide bonds. The van der Waals surface area contributed by atoms with Gasteiger partial charge < -0.3 is 14.3 Å². The molecule has 8 nitrogen and oxygen atoms in total. The second-order valence-electron chi connectivity index (χ2n) is 7.27. The van der Waals surface area contributed by atoms with Crippen molar-refractivity contribution in [2.75, 3.05) is 32.8 Å². The summed E-state index contributed by atoms with van der Waals surface area (Å²) in [5, 5.41) is 15.8. The van der Waals surface area contributed by atoms with Crippen molar-refractivity contribution >= 4 is 5.97 Å². The van der Waals surface area contributed by atoms with Crippen LogP contribution in [0.3, 0.4) is 0 Å². The zero-order chi connectivity index (χ0) is 18.1. The molecule has 26 heavy (non-hydrogen) atoms. The van der Waals surface area contributed by atoms with Crippen molar-refractivity contribution in [3.63, 3.8) is 0 Å². The maximum Gasteiger partial charge on any atom is 0.354 e. The van der Waals surface area contributed by atoms with Crippen LogP contribution in [0.1, 0.15) is 27.6 Å². The summed E-state index contributed by atoms with van der Waals surface area (Å²) in [5.41, 5.74) is 0.908. The highest BCUT2D eigenvalue weighted by atomic mass is 16.5. The van der Waals surface area contributed by atoms with Crippen molar-refractivity contribution in [1.29, 1.82) is 0 Å². The molecule has 2 bridgehead atoms. The average molecular weight is 360 g/mol. The molecule has 2 atom stereocenters. The van der Waals surface area contributed by atoms with E-state index in [4.69, 9.17) is 9.15 Å². The molecule has 2 N–H and O–H groups in total. The number of furan rings is 1. The summed E-state index contributed by atoms with van der Waals surface area (Å²) in [6, 6.07) is 4.29. The van der Waals surface area contributed by atoms with Crippen LogP contribution in [-0.4, -0.2) is 70.0 Å². The van der Waals surface area contributed by atoms with Gasteiger partial charge in [-0.15, -0.1) is 0 Å². The number of carboxylic acid groups (broad SMARTS) is 1. The van der Waals surface area contributed by atoms with Crippen molar-refractivity contribution in [2.45, 2.75) is 26.1 Å². The molecule has 0 spiro atoms. The van der Waals surface area contributed by atoms with E-state index in [1.807, 2.05) is 19.1 Å². The molecule has 2 aromatic rings. The number of carboxylic acids is 1. The summed E-state index contributed by atoms with van der Waals surface area (Å²) in [6.45, 7) is 7.41. The number of hydrogen-bond acceptors (Lipinski definition) is 6. The van der Waals surface area contributed by atoms with Gasteiger partial charge in [0.1, 0.15) is 17.2 Å². The lowest BCUT2D eigenvalue weighted by molar-refractivity contribution is 0.0456. The lowest BCUT2D eigenvalue weighted by Gasteiger charge is -2.30. The molecule has 4 heterocycles. The first-order valence-electron chi connectivity index (χ1n) is 8.93. The van der Waals surface area contributed by atoms with Crippen LogP contribution in [0.5, 0.6) is 0 Å². The third kappa shape index (κ3) is 3.67. The molecule has 2 aliphatic rings. The van der Waals surface area contributed by atoms with Gasteiger partial charge in [-0.3, -0.25) is 14.9 Å². The zero-order valence-corrected chi connectivity index (χ0v) is 14.9. The molecular formula is C18H24N4O4. The van der Waals surface area contributed by atoms with Crippen LogP contribution < -0.4 is 0 Å². The third-order valence-corrected chi connectivity index (χ3v) is 5.14. The first-order chi connectivity index (χ1) is 12.6. The van der Waals surface area contributed by atoms with Gasteiger partial charge in [0.15, 0.2) is 0 Å². The summed E-state index contributed by atoms with van der Waals surface area (Å²) in [5.74, 6) is 1.32. The van der Waals surface area contributed by atoms with E-state index in [0.717, 1.165) is 49.9 Å². The summed E-state index contributed by atoms with van der Waals surface area (Å²) < 4.78 is 11.6. The standard InChI is InChI=1S/C18H24N4O4/c1-12-2-3-16(26-12)9-22-6-13-5-21(8-15(22)11-25-10-13)7-14-4-19-20-17(14)18(23)24/h2-4,13,15H,5-11H2,1H3,(H,19,20)(H,23,24)/t13-,15-/m0/s1. The van der Waals surface area contributed by atoms with E-state index >= 15 is 0 Å². The molecule has 4 rings (SSSR count). The number of hydrogen-bond donors (Lipinski definition) is 2.